The van der Waals surface area contributed by atoms with E-state index >= 15 is 0 Å². The van der Waals surface area contributed by atoms with Gasteiger partial charge in [-0.3, -0.25) is 4.79 Å². The van der Waals surface area contributed by atoms with Crippen LogP contribution in [0.1, 0.15) is 25.3 Å². The Hall–Kier alpha value is -1.10. The average molecular weight is 286 g/mol. The number of aliphatic hydroxyl groups is 1. The third-order valence-corrected chi connectivity index (χ3v) is 3.09. The summed E-state index contributed by atoms with van der Waals surface area (Å²) in [6, 6.07) is 7.36. The van der Waals surface area contributed by atoms with Crippen LogP contribution >= 0.6 is 11.6 Å². The molecule has 0 radical (unpaired) electrons. The van der Waals surface area contributed by atoms with E-state index in [1.165, 1.54) is 0 Å². The second-order valence-corrected chi connectivity index (χ2v) is 4.69. The summed E-state index contributed by atoms with van der Waals surface area (Å²) in [4.78, 5) is 11.4. The molecular formula is C14H20ClNO3. The van der Waals surface area contributed by atoms with E-state index in [9.17, 15) is 9.90 Å². The van der Waals surface area contributed by atoms with E-state index in [1.807, 2.05) is 25.1 Å². The van der Waals surface area contributed by atoms with Crippen LogP contribution in [-0.2, 0) is 16.1 Å². The molecule has 0 fully saturated rings. The third-order valence-electron chi connectivity index (χ3n) is 2.72. The monoisotopic (exact) mass is 285 g/mol. The van der Waals surface area contributed by atoms with E-state index in [-0.39, 0.29) is 18.6 Å². The summed E-state index contributed by atoms with van der Waals surface area (Å²) in [5.41, 5.74) is 0.860. The lowest BCUT2D eigenvalue weighted by Gasteiger charge is -2.09. The van der Waals surface area contributed by atoms with Crippen molar-refractivity contribution in [3.8, 4) is 0 Å². The summed E-state index contributed by atoms with van der Waals surface area (Å²) in [5.74, 6) is -0.185. The molecule has 0 aliphatic heterocycles. The van der Waals surface area contributed by atoms with Crippen molar-refractivity contribution in [2.45, 2.75) is 32.5 Å². The lowest BCUT2D eigenvalue weighted by atomic mass is 10.2. The molecule has 1 amide bonds. The van der Waals surface area contributed by atoms with Crippen molar-refractivity contribution in [2.24, 2.45) is 0 Å². The number of amides is 1. The molecular weight excluding hydrogens is 266 g/mol. The van der Waals surface area contributed by atoms with Crippen LogP contribution in [0.25, 0.3) is 0 Å². The van der Waals surface area contributed by atoms with E-state index < -0.39 is 0 Å². The summed E-state index contributed by atoms with van der Waals surface area (Å²) in [6.45, 7) is 2.67. The van der Waals surface area contributed by atoms with Crippen molar-refractivity contribution in [1.82, 2.24) is 5.32 Å². The molecule has 0 heterocycles. The van der Waals surface area contributed by atoms with Gasteiger partial charge in [-0.15, -0.1) is 0 Å². The van der Waals surface area contributed by atoms with Gasteiger partial charge in [0, 0.05) is 11.6 Å². The number of carbonyl (C=O) groups is 1. The molecule has 0 bridgehead atoms. The van der Waals surface area contributed by atoms with E-state index in [0.717, 1.165) is 5.56 Å². The maximum Gasteiger partial charge on any atom is 0.246 e. The van der Waals surface area contributed by atoms with Gasteiger partial charge in [-0.05, 0) is 24.5 Å². The van der Waals surface area contributed by atoms with Gasteiger partial charge in [-0.25, -0.2) is 0 Å². The molecule has 1 aromatic carbocycles. The highest BCUT2D eigenvalue weighted by Gasteiger charge is 2.05. The van der Waals surface area contributed by atoms with Gasteiger partial charge in [0.2, 0.25) is 5.91 Å². The van der Waals surface area contributed by atoms with E-state index in [1.54, 1.807) is 6.07 Å². The highest BCUT2D eigenvalue weighted by atomic mass is 35.5. The molecule has 0 saturated heterocycles. The number of hydrogen-bond acceptors (Lipinski definition) is 3. The third kappa shape index (κ3) is 6.57. The first-order valence-corrected chi connectivity index (χ1v) is 6.77. The fraction of sp³-hybridized carbons (Fsp3) is 0.500. The molecule has 106 valence electrons. The van der Waals surface area contributed by atoms with Crippen molar-refractivity contribution in [3.63, 3.8) is 0 Å². The lowest BCUT2D eigenvalue weighted by molar-refractivity contribution is -0.126. The standard InChI is InChI=1S/C14H20ClNO3/c1-2-12(17)7-8-16-14(18)10-19-9-11-5-3-4-6-13(11)15/h3-6,12,17H,2,7-10H2,1H3,(H,16,18). The molecule has 1 unspecified atom stereocenters. The molecule has 4 nitrogen and oxygen atoms in total. The van der Waals surface area contributed by atoms with Crippen LogP contribution in [0, 0.1) is 0 Å². The van der Waals surface area contributed by atoms with Gasteiger partial charge in [0.25, 0.3) is 0 Å². The highest BCUT2D eigenvalue weighted by molar-refractivity contribution is 6.31. The molecule has 5 heteroatoms. The Labute approximate surface area is 118 Å². The van der Waals surface area contributed by atoms with Crippen LogP contribution in [0.2, 0.25) is 5.02 Å². The first kappa shape index (κ1) is 16.0. The number of aliphatic hydroxyl groups excluding tert-OH is 1. The molecule has 0 spiro atoms. The van der Waals surface area contributed by atoms with Crippen LogP contribution in [0.4, 0.5) is 0 Å². The van der Waals surface area contributed by atoms with Crippen molar-refractivity contribution < 1.29 is 14.6 Å². The molecule has 1 aromatic rings. The number of hydrogen-bond donors (Lipinski definition) is 2. The number of benzene rings is 1. The van der Waals surface area contributed by atoms with E-state index in [4.69, 9.17) is 16.3 Å². The quantitative estimate of drug-likeness (QED) is 0.769. The van der Waals surface area contributed by atoms with Crippen LogP contribution in [0.3, 0.4) is 0 Å². The normalized spacial score (nSPS) is 12.2. The Balaban J connectivity index is 2.15. The summed E-state index contributed by atoms with van der Waals surface area (Å²) in [6.07, 6.45) is 0.898. The van der Waals surface area contributed by atoms with Crippen LogP contribution in [0.5, 0.6) is 0 Å². The number of nitrogens with one attached hydrogen (secondary N) is 1. The van der Waals surface area contributed by atoms with Crippen LogP contribution in [-0.4, -0.2) is 30.3 Å². The van der Waals surface area contributed by atoms with Gasteiger partial charge in [-0.1, -0.05) is 36.7 Å². The molecule has 0 saturated carbocycles. The second-order valence-electron chi connectivity index (χ2n) is 4.28. The topological polar surface area (TPSA) is 58.6 Å². The summed E-state index contributed by atoms with van der Waals surface area (Å²) in [7, 11) is 0. The number of carbonyl (C=O) groups excluding carboxylic acids is 1. The predicted octanol–water partition coefficient (Wildman–Crippen LogP) is 2.13. The van der Waals surface area contributed by atoms with Crippen molar-refractivity contribution >= 4 is 17.5 Å². The Morgan fingerprint density at radius 3 is 2.89 bits per heavy atom. The number of ether oxygens (including phenoxy) is 1. The van der Waals surface area contributed by atoms with Gasteiger partial charge in [0.05, 0.1) is 12.7 Å². The Kier molecular flexibility index (Phi) is 7.48. The second kappa shape index (κ2) is 8.91. The molecule has 0 aliphatic rings. The molecule has 2 N–H and O–H groups in total. The van der Waals surface area contributed by atoms with Crippen LogP contribution < -0.4 is 5.32 Å². The van der Waals surface area contributed by atoms with Crippen molar-refractivity contribution in [2.75, 3.05) is 13.2 Å². The SMILES string of the molecule is CCC(O)CCNC(=O)COCc1ccccc1Cl. The summed E-state index contributed by atoms with van der Waals surface area (Å²) < 4.78 is 5.29. The minimum Gasteiger partial charge on any atom is -0.393 e. The first-order chi connectivity index (χ1) is 9.13. The summed E-state index contributed by atoms with van der Waals surface area (Å²) >= 11 is 5.97. The highest BCUT2D eigenvalue weighted by Crippen LogP contribution is 2.15. The molecule has 1 rings (SSSR count). The summed E-state index contributed by atoms with van der Waals surface area (Å²) in [5, 5.41) is 12.7. The Morgan fingerprint density at radius 1 is 1.47 bits per heavy atom. The average Bonchev–Trinajstić information content (AvgIpc) is 2.40. The Morgan fingerprint density at radius 2 is 2.21 bits per heavy atom. The maximum absolute atomic E-state index is 11.4. The molecule has 0 aromatic heterocycles. The number of halogens is 1. The van der Waals surface area contributed by atoms with Gasteiger partial charge in [-0.2, -0.15) is 0 Å². The first-order valence-electron chi connectivity index (χ1n) is 6.39. The molecule has 19 heavy (non-hydrogen) atoms. The zero-order chi connectivity index (χ0) is 14.1. The molecule has 1 atom stereocenters. The number of rotatable bonds is 8. The fourth-order valence-electron chi connectivity index (χ4n) is 1.50. The lowest BCUT2D eigenvalue weighted by Crippen LogP contribution is -2.30. The van der Waals surface area contributed by atoms with Gasteiger partial charge < -0.3 is 15.2 Å². The van der Waals surface area contributed by atoms with Crippen molar-refractivity contribution in [1.29, 1.82) is 0 Å². The predicted molar refractivity (Wildman–Crippen MR) is 75.0 cm³/mol. The minimum atomic E-state index is -0.357. The minimum absolute atomic E-state index is 0.00650. The van der Waals surface area contributed by atoms with Gasteiger partial charge >= 0.3 is 0 Å². The van der Waals surface area contributed by atoms with Gasteiger partial charge in [0.1, 0.15) is 6.61 Å². The zero-order valence-corrected chi connectivity index (χ0v) is 11.8. The maximum atomic E-state index is 11.4. The van der Waals surface area contributed by atoms with E-state index in [0.29, 0.717) is 31.0 Å². The fourth-order valence-corrected chi connectivity index (χ4v) is 1.69. The van der Waals surface area contributed by atoms with Crippen LogP contribution in [0.15, 0.2) is 24.3 Å². The van der Waals surface area contributed by atoms with Gasteiger partial charge in [0.15, 0.2) is 0 Å². The van der Waals surface area contributed by atoms with E-state index in [2.05, 4.69) is 5.32 Å². The Bertz CT molecular complexity index is 398. The molecule has 0 aliphatic carbocycles. The van der Waals surface area contributed by atoms with Crippen molar-refractivity contribution in [3.05, 3.63) is 34.9 Å². The largest absolute Gasteiger partial charge is 0.393 e. The smallest absolute Gasteiger partial charge is 0.246 e. The zero-order valence-electron chi connectivity index (χ0n) is 11.1.